The molecule has 0 saturated heterocycles. The first-order chi connectivity index (χ1) is 8.13. The Bertz CT molecular complexity index is 434. The van der Waals surface area contributed by atoms with Crippen LogP contribution in [0.2, 0.25) is 0 Å². The zero-order valence-electron chi connectivity index (χ0n) is 9.22. The van der Waals surface area contributed by atoms with Gasteiger partial charge in [0.2, 0.25) is 5.91 Å². The molecular weight excluding hydrogens is 218 g/mol. The smallest absolute Gasteiger partial charge is 0.326 e. The van der Waals surface area contributed by atoms with Gasteiger partial charge in [-0.25, -0.2) is 4.79 Å². The van der Waals surface area contributed by atoms with Crippen LogP contribution in [0.1, 0.15) is 12.0 Å². The summed E-state index contributed by atoms with van der Waals surface area (Å²) in [5.74, 6) is 0.652. The molecule has 0 heterocycles. The molecule has 2 N–H and O–H groups in total. The molecule has 1 amide bonds. The Morgan fingerprint density at radius 2 is 2.00 bits per heavy atom. The minimum atomic E-state index is -1.07. The van der Waals surface area contributed by atoms with Gasteiger partial charge < -0.3 is 10.4 Å². The largest absolute Gasteiger partial charge is 0.480 e. The summed E-state index contributed by atoms with van der Waals surface area (Å²) >= 11 is 0. The van der Waals surface area contributed by atoms with E-state index in [0.717, 1.165) is 5.56 Å². The molecule has 0 aliphatic rings. The molecule has 0 unspecified atom stereocenters. The fourth-order valence-electron chi connectivity index (χ4n) is 1.39. The van der Waals surface area contributed by atoms with Crippen LogP contribution in [0.3, 0.4) is 0 Å². The molecule has 0 saturated carbocycles. The minimum Gasteiger partial charge on any atom is -0.480 e. The lowest BCUT2D eigenvalue weighted by Gasteiger charge is -2.13. The second-order valence-corrected chi connectivity index (χ2v) is 3.53. The Labute approximate surface area is 99.7 Å². The molecule has 0 bridgehead atoms. The summed E-state index contributed by atoms with van der Waals surface area (Å²) in [6, 6.07) is 8.15. The second-order valence-electron chi connectivity index (χ2n) is 3.53. The van der Waals surface area contributed by atoms with Gasteiger partial charge in [0.25, 0.3) is 0 Å². The summed E-state index contributed by atoms with van der Waals surface area (Å²) in [5.41, 5.74) is 0.848. The standard InChI is InChI=1S/C13H13NO3/c1-2-6-12(15)14-11(13(16)17)9-10-7-4-3-5-8-10/h1,3-5,7-8,11H,6,9H2,(H,14,15)(H,16,17)/t11-/m1/s1. The van der Waals surface area contributed by atoms with Crippen molar-refractivity contribution >= 4 is 11.9 Å². The number of carboxylic acids is 1. The molecule has 0 fully saturated rings. The Balaban J connectivity index is 2.65. The number of rotatable bonds is 5. The highest BCUT2D eigenvalue weighted by Gasteiger charge is 2.19. The quantitative estimate of drug-likeness (QED) is 0.737. The van der Waals surface area contributed by atoms with Crippen LogP contribution >= 0.6 is 0 Å². The van der Waals surface area contributed by atoms with E-state index in [1.807, 2.05) is 30.3 Å². The summed E-state index contributed by atoms with van der Waals surface area (Å²) in [6.45, 7) is 0. The molecule has 0 spiro atoms. The van der Waals surface area contributed by atoms with Crippen LogP contribution in [0.5, 0.6) is 0 Å². The maximum absolute atomic E-state index is 11.2. The first kappa shape index (κ1) is 12.8. The normalized spacial score (nSPS) is 11.2. The molecule has 0 aromatic heterocycles. The molecular formula is C13H13NO3. The number of carbonyl (C=O) groups excluding carboxylic acids is 1. The van der Waals surface area contributed by atoms with E-state index in [9.17, 15) is 9.59 Å². The molecule has 17 heavy (non-hydrogen) atoms. The predicted molar refractivity (Wildman–Crippen MR) is 63.2 cm³/mol. The molecule has 88 valence electrons. The van der Waals surface area contributed by atoms with Crippen molar-refractivity contribution < 1.29 is 14.7 Å². The van der Waals surface area contributed by atoms with E-state index in [2.05, 4.69) is 11.2 Å². The van der Waals surface area contributed by atoms with E-state index in [4.69, 9.17) is 11.5 Å². The molecule has 0 aliphatic carbocycles. The Morgan fingerprint density at radius 1 is 1.35 bits per heavy atom. The molecule has 0 radical (unpaired) electrons. The minimum absolute atomic E-state index is 0.113. The molecule has 1 rings (SSSR count). The van der Waals surface area contributed by atoms with Crippen molar-refractivity contribution in [2.75, 3.05) is 0 Å². The van der Waals surface area contributed by atoms with Gasteiger partial charge in [0.15, 0.2) is 0 Å². The predicted octanol–water partition coefficient (Wildman–Crippen LogP) is 0.822. The Hall–Kier alpha value is -2.28. The van der Waals surface area contributed by atoms with E-state index in [-0.39, 0.29) is 12.8 Å². The highest BCUT2D eigenvalue weighted by atomic mass is 16.4. The summed E-state index contributed by atoms with van der Waals surface area (Å²) in [4.78, 5) is 22.2. The van der Waals surface area contributed by atoms with Crippen molar-refractivity contribution in [1.82, 2.24) is 5.32 Å². The highest BCUT2D eigenvalue weighted by molar-refractivity contribution is 5.84. The van der Waals surface area contributed by atoms with Crippen molar-refractivity contribution in [2.24, 2.45) is 0 Å². The number of hydrogen-bond acceptors (Lipinski definition) is 2. The van der Waals surface area contributed by atoms with Crippen LogP contribution in [-0.4, -0.2) is 23.0 Å². The van der Waals surface area contributed by atoms with Crippen molar-refractivity contribution in [3.8, 4) is 12.3 Å². The van der Waals surface area contributed by atoms with Gasteiger partial charge in [0, 0.05) is 6.42 Å². The lowest BCUT2D eigenvalue weighted by atomic mass is 10.1. The van der Waals surface area contributed by atoms with Crippen molar-refractivity contribution in [3.05, 3.63) is 35.9 Å². The van der Waals surface area contributed by atoms with Gasteiger partial charge in [-0.15, -0.1) is 6.42 Å². The second kappa shape index (κ2) is 6.33. The fraction of sp³-hybridized carbons (Fsp3) is 0.231. The zero-order valence-corrected chi connectivity index (χ0v) is 9.22. The third-order valence-electron chi connectivity index (χ3n) is 2.18. The molecule has 1 aromatic carbocycles. The van der Waals surface area contributed by atoms with Gasteiger partial charge >= 0.3 is 5.97 Å². The molecule has 1 aromatic rings. The van der Waals surface area contributed by atoms with E-state index >= 15 is 0 Å². The lowest BCUT2D eigenvalue weighted by molar-refractivity contribution is -0.141. The highest BCUT2D eigenvalue weighted by Crippen LogP contribution is 2.03. The number of carboxylic acid groups (broad SMARTS) is 1. The molecule has 1 atom stereocenters. The van der Waals surface area contributed by atoms with Crippen LogP contribution in [0.15, 0.2) is 30.3 Å². The van der Waals surface area contributed by atoms with Crippen LogP contribution in [0.25, 0.3) is 0 Å². The summed E-state index contributed by atoms with van der Waals surface area (Å²) < 4.78 is 0. The summed E-state index contributed by atoms with van der Waals surface area (Å²) in [5, 5.41) is 11.4. The van der Waals surface area contributed by atoms with Crippen LogP contribution in [0, 0.1) is 12.3 Å². The Morgan fingerprint density at radius 3 is 2.53 bits per heavy atom. The van der Waals surface area contributed by atoms with E-state index in [1.165, 1.54) is 0 Å². The zero-order chi connectivity index (χ0) is 12.7. The molecule has 4 heteroatoms. The van der Waals surface area contributed by atoms with E-state index in [0.29, 0.717) is 0 Å². The third-order valence-corrected chi connectivity index (χ3v) is 2.18. The summed E-state index contributed by atoms with van der Waals surface area (Å²) in [7, 11) is 0. The van der Waals surface area contributed by atoms with Crippen molar-refractivity contribution in [3.63, 3.8) is 0 Å². The number of aliphatic carboxylic acids is 1. The van der Waals surface area contributed by atoms with Crippen molar-refractivity contribution in [1.29, 1.82) is 0 Å². The number of amides is 1. The lowest BCUT2D eigenvalue weighted by Crippen LogP contribution is -2.42. The fourth-order valence-corrected chi connectivity index (χ4v) is 1.39. The van der Waals surface area contributed by atoms with Crippen LogP contribution in [-0.2, 0) is 16.0 Å². The number of nitrogens with one attached hydrogen (secondary N) is 1. The first-order valence-electron chi connectivity index (χ1n) is 5.13. The first-order valence-corrected chi connectivity index (χ1v) is 5.13. The number of benzene rings is 1. The van der Waals surface area contributed by atoms with Gasteiger partial charge in [-0.3, -0.25) is 4.79 Å². The van der Waals surface area contributed by atoms with Gasteiger partial charge in [-0.1, -0.05) is 36.3 Å². The Kier molecular flexibility index (Phi) is 4.77. The SMILES string of the molecule is C#CCC(=O)N[C@H](Cc1ccccc1)C(=O)O. The number of hydrogen-bond donors (Lipinski definition) is 2. The molecule has 0 aliphatic heterocycles. The average molecular weight is 231 g/mol. The van der Waals surface area contributed by atoms with Gasteiger partial charge in [0.05, 0.1) is 6.42 Å². The monoisotopic (exact) mass is 231 g/mol. The number of terminal acetylenes is 1. The van der Waals surface area contributed by atoms with E-state index < -0.39 is 17.9 Å². The molecule has 4 nitrogen and oxygen atoms in total. The third kappa shape index (κ3) is 4.39. The topological polar surface area (TPSA) is 66.4 Å². The maximum Gasteiger partial charge on any atom is 0.326 e. The maximum atomic E-state index is 11.2. The van der Waals surface area contributed by atoms with Gasteiger partial charge in [-0.05, 0) is 5.56 Å². The summed E-state index contributed by atoms with van der Waals surface area (Å²) in [6.07, 6.45) is 5.11. The van der Waals surface area contributed by atoms with Gasteiger partial charge in [-0.2, -0.15) is 0 Å². The van der Waals surface area contributed by atoms with Gasteiger partial charge in [0.1, 0.15) is 6.04 Å². The average Bonchev–Trinajstić information content (AvgIpc) is 2.29. The number of carbonyl (C=O) groups is 2. The van der Waals surface area contributed by atoms with Crippen LogP contribution in [0.4, 0.5) is 0 Å². The van der Waals surface area contributed by atoms with E-state index in [1.54, 1.807) is 0 Å². The van der Waals surface area contributed by atoms with Crippen molar-refractivity contribution in [2.45, 2.75) is 18.9 Å². The van der Waals surface area contributed by atoms with Crippen LogP contribution < -0.4 is 5.32 Å².